The van der Waals surface area contributed by atoms with E-state index in [1.807, 2.05) is 36.4 Å². The van der Waals surface area contributed by atoms with Crippen molar-refractivity contribution < 1.29 is 0 Å². The van der Waals surface area contributed by atoms with Crippen LogP contribution in [0, 0.1) is 46.2 Å². The molecule has 0 aliphatic heterocycles. The van der Waals surface area contributed by atoms with Gasteiger partial charge in [0.15, 0.2) is 0 Å². The summed E-state index contributed by atoms with van der Waals surface area (Å²) in [5, 5.41) is 10.8. The number of thiocyanates is 1. The number of rotatable bonds is 5. The average molecular weight is 412 g/mol. The van der Waals surface area contributed by atoms with E-state index in [0.717, 1.165) is 39.3 Å². The van der Waals surface area contributed by atoms with Crippen LogP contribution >= 0.6 is 11.8 Å². The topological polar surface area (TPSA) is 23.8 Å². The molecule has 2 aromatic carbocycles. The van der Waals surface area contributed by atoms with Gasteiger partial charge in [-0.3, -0.25) is 0 Å². The highest BCUT2D eigenvalue weighted by molar-refractivity contribution is 8.03. The third-order valence-electron chi connectivity index (χ3n) is 5.74. The van der Waals surface area contributed by atoms with Gasteiger partial charge in [-0.1, -0.05) is 56.3 Å². The number of nitrogens with zero attached hydrogens (tertiary/aromatic N) is 1. The van der Waals surface area contributed by atoms with Crippen LogP contribution in [0.5, 0.6) is 0 Å². The molecule has 152 valence electrons. The van der Waals surface area contributed by atoms with Crippen molar-refractivity contribution in [2.75, 3.05) is 0 Å². The highest BCUT2D eigenvalue weighted by Gasteiger charge is 2.19. The standard InChI is InChI=1S/C28H29NS/c1-2-3-4-5-23-6-8-24(9-7-23)10-11-25-12-14-26(15-13-25)16-17-27-18-20-28(21-19-27)30-22-29/h12-15,18-21,23-24H,2-9H2,1H3. The van der Waals surface area contributed by atoms with Gasteiger partial charge in [-0.25, -0.2) is 0 Å². The first kappa shape index (κ1) is 22.1. The highest BCUT2D eigenvalue weighted by Crippen LogP contribution is 2.31. The van der Waals surface area contributed by atoms with E-state index in [9.17, 15) is 0 Å². The van der Waals surface area contributed by atoms with Crippen molar-refractivity contribution in [1.29, 1.82) is 5.26 Å². The Balaban J connectivity index is 1.50. The third-order valence-corrected chi connectivity index (χ3v) is 6.34. The Morgan fingerprint density at radius 3 is 1.93 bits per heavy atom. The summed E-state index contributed by atoms with van der Waals surface area (Å²) >= 11 is 1.16. The van der Waals surface area contributed by atoms with E-state index in [0.29, 0.717) is 5.92 Å². The summed E-state index contributed by atoms with van der Waals surface area (Å²) in [5.74, 6) is 14.8. The number of nitriles is 1. The number of hydrogen-bond acceptors (Lipinski definition) is 2. The van der Waals surface area contributed by atoms with Crippen LogP contribution in [0.2, 0.25) is 0 Å². The fourth-order valence-electron chi connectivity index (χ4n) is 3.90. The van der Waals surface area contributed by atoms with Crippen LogP contribution in [0.25, 0.3) is 0 Å². The Kier molecular flexibility index (Phi) is 8.97. The van der Waals surface area contributed by atoms with Gasteiger partial charge in [-0.2, -0.15) is 5.26 Å². The molecular weight excluding hydrogens is 382 g/mol. The van der Waals surface area contributed by atoms with Crippen LogP contribution in [-0.2, 0) is 0 Å². The Hall–Kier alpha value is -2.60. The van der Waals surface area contributed by atoms with Crippen LogP contribution in [0.15, 0.2) is 53.4 Å². The first-order chi connectivity index (χ1) is 14.8. The van der Waals surface area contributed by atoms with E-state index in [-0.39, 0.29) is 0 Å². The first-order valence-electron chi connectivity index (χ1n) is 11.1. The van der Waals surface area contributed by atoms with Crippen molar-refractivity contribution in [2.24, 2.45) is 11.8 Å². The average Bonchev–Trinajstić information content (AvgIpc) is 2.79. The van der Waals surface area contributed by atoms with Crippen molar-refractivity contribution >= 4 is 11.8 Å². The molecule has 0 bridgehead atoms. The predicted octanol–water partition coefficient (Wildman–Crippen LogP) is 7.40. The Morgan fingerprint density at radius 2 is 1.37 bits per heavy atom. The van der Waals surface area contributed by atoms with Crippen molar-refractivity contribution in [1.82, 2.24) is 0 Å². The van der Waals surface area contributed by atoms with Crippen molar-refractivity contribution in [3.05, 3.63) is 65.2 Å². The van der Waals surface area contributed by atoms with Crippen LogP contribution in [0.3, 0.4) is 0 Å². The molecule has 0 saturated heterocycles. The molecule has 1 aliphatic rings. The molecule has 2 heteroatoms. The number of thioether (sulfide) groups is 1. The molecule has 0 spiro atoms. The van der Waals surface area contributed by atoms with Gasteiger partial charge < -0.3 is 0 Å². The Bertz CT molecular complexity index is 950. The SMILES string of the molecule is CCCCCC1CCC(C#Cc2ccc(C#Cc3ccc(SC#N)cc3)cc2)CC1. The second-order valence-electron chi connectivity index (χ2n) is 8.03. The lowest BCUT2D eigenvalue weighted by molar-refractivity contribution is 0.294. The molecule has 0 N–H and O–H groups in total. The lowest BCUT2D eigenvalue weighted by Crippen LogP contribution is -2.13. The third kappa shape index (κ3) is 7.34. The summed E-state index contributed by atoms with van der Waals surface area (Å²) in [4.78, 5) is 0.941. The molecule has 2 aromatic rings. The molecule has 1 aliphatic carbocycles. The molecule has 30 heavy (non-hydrogen) atoms. The number of hydrogen-bond donors (Lipinski definition) is 0. The summed E-state index contributed by atoms with van der Waals surface area (Å²) in [6.45, 7) is 2.28. The molecule has 0 amide bonds. The van der Waals surface area contributed by atoms with Crippen molar-refractivity contribution in [3.63, 3.8) is 0 Å². The number of unbranched alkanes of at least 4 members (excludes halogenated alkanes) is 2. The van der Waals surface area contributed by atoms with Crippen molar-refractivity contribution in [2.45, 2.75) is 63.2 Å². The molecular formula is C28H29NS. The second-order valence-corrected chi connectivity index (χ2v) is 8.89. The molecule has 3 rings (SSSR count). The monoisotopic (exact) mass is 411 g/mol. The zero-order valence-corrected chi connectivity index (χ0v) is 18.6. The smallest absolute Gasteiger partial charge is 0.138 e. The lowest BCUT2D eigenvalue weighted by atomic mass is 9.80. The van der Waals surface area contributed by atoms with E-state index in [2.05, 4.69) is 48.1 Å². The lowest BCUT2D eigenvalue weighted by Gasteiger charge is -2.25. The molecule has 1 saturated carbocycles. The zero-order chi connectivity index (χ0) is 21.0. The molecule has 0 atom stereocenters. The maximum Gasteiger partial charge on any atom is 0.138 e. The molecule has 0 radical (unpaired) electrons. The minimum Gasteiger partial charge on any atom is -0.185 e. The second kappa shape index (κ2) is 12.2. The largest absolute Gasteiger partial charge is 0.185 e. The summed E-state index contributed by atoms with van der Waals surface area (Å²) < 4.78 is 0. The minimum absolute atomic E-state index is 0.564. The summed E-state index contributed by atoms with van der Waals surface area (Å²) in [6.07, 6.45) is 10.8. The van der Waals surface area contributed by atoms with Crippen LogP contribution in [0.1, 0.15) is 75.0 Å². The van der Waals surface area contributed by atoms with E-state index < -0.39 is 0 Å². The number of benzene rings is 2. The fraction of sp³-hybridized carbons (Fsp3) is 0.393. The van der Waals surface area contributed by atoms with Gasteiger partial charge in [0.2, 0.25) is 0 Å². The van der Waals surface area contributed by atoms with E-state index >= 15 is 0 Å². The van der Waals surface area contributed by atoms with Gasteiger partial charge in [0.05, 0.1) is 0 Å². The van der Waals surface area contributed by atoms with E-state index in [1.54, 1.807) is 0 Å². The zero-order valence-electron chi connectivity index (χ0n) is 17.8. The maximum absolute atomic E-state index is 8.70. The van der Waals surface area contributed by atoms with Crippen LogP contribution in [0.4, 0.5) is 0 Å². The van der Waals surface area contributed by atoms with Crippen LogP contribution < -0.4 is 0 Å². The minimum atomic E-state index is 0.564. The molecule has 0 aromatic heterocycles. The first-order valence-corrected chi connectivity index (χ1v) is 11.9. The summed E-state index contributed by atoms with van der Waals surface area (Å²) in [6, 6.07) is 16.0. The van der Waals surface area contributed by atoms with Crippen molar-refractivity contribution in [3.8, 4) is 29.1 Å². The molecule has 0 heterocycles. The quantitative estimate of drug-likeness (QED) is 0.221. The maximum atomic E-state index is 8.70. The van der Waals surface area contributed by atoms with Gasteiger partial charge in [-0.15, -0.1) is 0 Å². The highest BCUT2D eigenvalue weighted by atomic mass is 32.2. The van der Waals surface area contributed by atoms with Gasteiger partial charge in [0.1, 0.15) is 5.40 Å². The Labute approximate surface area is 186 Å². The van der Waals surface area contributed by atoms with E-state index in [1.165, 1.54) is 51.4 Å². The summed E-state index contributed by atoms with van der Waals surface area (Å²) in [7, 11) is 0. The molecule has 0 unspecified atom stereocenters. The fourth-order valence-corrected chi connectivity index (χ4v) is 4.28. The molecule has 1 nitrogen and oxygen atoms in total. The van der Waals surface area contributed by atoms with Gasteiger partial charge in [-0.05, 0) is 91.9 Å². The van der Waals surface area contributed by atoms with Gasteiger partial charge in [0, 0.05) is 27.5 Å². The van der Waals surface area contributed by atoms with Gasteiger partial charge >= 0.3 is 0 Å². The molecule has 1 fully saturated rings. The predicted molar refractivity (Wildman–Crippen MR) is 127 cm³/mol. The van der Waals surface area contributed by atoms with Gasteiger partial charge in [0.25, 0.3) is 0 Å². The van der Waals surface area contributed by atoms with E-state index in [4.69, 9.17) is 5.26 Å². The summed E-state index contributed by atoms with van der Waals surface area (Å²) in [5.41, 5.74) is 3.01. The Morgan fingerprint density at radius 1 is 0.800 bits per heavy atom. The van der Waals surface area contributed by atoms with Crippen LogP contribution in [-0.4, -0.2) is 0 Å². The normalized spacial score (nSPS) is 17.7.